The Hall–Kier alpha value is -1.36. The molecule has 3 rings (SSSR count). The molecule has 0 N–H and O–H groups in total. The Bertz CT molecular complexity index is 554. The predicted octanol–water partition coefficient (Wildman–Crippen LogP) is 2.81. The summed E-state index contributed by atoms with van der Waals surface area (Å²) in [5.41, 5.74) is 0.894. The number of piperazine rings is 1. The molecule has 1 saturated carbocycles. The van der Waals surface area contributed by atoms with Crippen molar-refractivity contribution < 1.29 is 9.59 Å². The number of hydrogen-bond donors (Lipinski definition) is 0. The Morgan fingerprint density at radius 2 is 1.86 bits per heavy atom. The summed E-state index contributed by atoms with van der Waals surface area (Å²) in [6, 6.07) is 7.35. The zero-order chi connectivity index (χ0) is 15.0. The van der Waals surface area contributed by atoms with E-state index in [1.165, 1.54) is 0 Å². The summed E-state index contributed by atoms with van der Waals surface area (Å²) in [6.07, 6.45) is 3.09. The molecule has 1 unspecified atom stereocenters. The molecular weight excluding hydrogens is 332 g/mol. The summed E-state index contributed by atoms with van der Waals surface area (Å²) < 4.78 is 0.991. The third-order valence-corrected chi connectivity index (χ3v) is 5.06. The number of amides is 2. The van der Waals surface area contributed by atoms with Crippen molar-refractivity contribution in [2.45, 2.75) is 32.2 Å². The van der Waals surface area contributed by atoms with Crippen molar-refractivity contribution in [3.8, 4) is 0 Å². The van der Waals surface area contributed by atoms with Crippen LogP contribution in [0.3, 0.4) is 0 Å². The minimum absolute atomic E-state index is 0.0104. The van der Waals surface area contributed by atoms with Crippen LogP contribution in [0.5, 0.6) is 0 Å². The highest BCUT2D eigenvalue weighted by molar-refractivity contribution is 9.10. The van der Waals surface area contributed by atoms with Gasteiger partial charge in [0.1, 0.15) is 6.04 Å². The van der Waals surface area contributed by atoms with Crippen LogP contribution in [0.1, 0.15) is 26.2 Å². The average Bonchev–Trinajstić information content (AvgIpc) is 2.41. The molecule has 1 saturated heterocycles. The molecule has 2 fully saturated rings. The molecule has 1 aliphatic carbocycles. The number of nitrogens with zero attached hydrogens (tertiary/aromatic N) is 2. The zero-order valence-corrected chi connectivity index (χ0v) is 13.7. The second-order valence-electron chi connectivity index (χ2n) is 5.80. The molecular formula is C16H19BrN2O2. The first-order chi connectivity index (χ1) is 10.1. The number of halogens is 1. The Kier molecular flexibility index (Phi) is 4.02. The number of anilines is 1. The molecule has 1 aliphatic heterocycles. The van der Waals surface area contributed by atoms with Crippen LogP contribution in [0.25, 0.3) is 0 Å². The minimum atomic E-state index is -0.365. The van der Waals surface area contributed by atoms with Gasteiger partial charge in [-0.15, -0.1) is 0 Å². The first kappa shape index (κ1) is 14.6. The number of carbonyl (C=O) groups is 2. The van der Waals surface area contributed by atoms with Crippen molar-refractivity contribution in [2.75, 3.05) is 18.0 Å². The molecule has 5 heteroatoms. The van der Waals surface area contributed by atoms with Gasteiger partial charge in [0.15, 0.2) is 0 Å². The quantitative estimate of drug-likeness (QED) is 0.822. The summed E-state index contributed by atoms with van der Waals surface area (Å²) in [4.78, 5) is 28.5. The maximum absolute atomic E-state index is 12.6. The standard InChI is InChI=1S/C16H19BrN2O2/c1-11-15(20)19(14-7-5-13(17)6-8-14)10-9-18(11)16(21)12-3-2-4-12/h5-8,11-12H,2-4,9-10H2,1H3. The van der Waals surface area contributed by atoms with Crippen LogP contribution in [-0.2, 0) is 9.59 Å². The van der Waals surface area contributed by atoms with Gasteiger partial charge in [0.25, 0.3) is 0 Å². The fourth-order valence-corrected chi connectivity index (χ4v) is 3.20. The van der Waals surface area contributed by atoms with Crippen molar-refractivity contribution in [2.24, 2.45) is 5.92 Å². The lowest BCUT2D eigenvalue weighted by atomic mass is 9.84. The molecule has 2 amide bonds. The highest BCUT2D eigenvalue weighted by Gasteiger charge is 2.38. The number of hydrogen-bond acceptors (Lipinski definition) is 2. The van der Waals surface area contributed by atoms with E-state index in [-0.39, 0.29) is 23.8 Å². The molecule has 1 heterocycles. The number of benzene rings is 1. The van der Waals surface area contributed by atoms with E-state index >= 15 is 0 Å². The molecule has 112 valence electrons. The van der Waals surface area contributed by atoms with Crippen molar-refractivity contribution in [3.63, 3.8) is 0 Å². The number of carbonyl (C=O) groups excluding carboxylic acids is 2. The molecule has 4 nitrogen and oxygen atoms in total. The molecule has 0 spiro atoms. The van der Waals surface area contributed by atoms with Crippen LogP contribution < -0.4 is 4.90 Å². The van der Waals surface area contributed by atoms with E-state index in [1.54, 1.807) is 9.80 Å². The molecule has 21 heavy (non-hydrogen) atoms. The van der Waals surface area contributed by atoms with Crippen molar-refractivity contribution in [3.05, 3.63) is 28.7 Å². The second-order valence-corrected chi connectivity index (χ2v) is 6.72. The molecule has 0 aromatic heterocycles. The van der Waals surface area contributed by atoms with Crippen LogP contribution in [0.4, 0.5) is 5.69 Å². The van der Waals surface area contributed by atoms with Crippen LogP contribution in [0, 0.1) is 5.92 Å². The Morgan fingerprint density at radius 3 is 2.43 bits per heavy atom. The predicted molar refractivity (Wildman–Crippen MR) is 85.0 cm³/mol. The highest BCUT2D eigenvalue weighted by atomic mass is 79.9. The maximum Gasteiger partial charge on any atom is 0.249 e. The number of rotatable bonds is 2. The summed E-state index contributed by atoms with van der Waals surface area (Å²) >= 11 is 3.40. The van der Waals surface area contributed by atoms with Gasteiger partial charge in [-0.2, -0.15) is 0 Å². The van der Waals surface area contributed by atoms with E-state index < -0.39 is 0 Å². The van der Waals surface area contributed by atoms with Crippen molar-refractivity contribution in [1.82, 2.24) is 4.90 Å². The summed E-state index contributed by atoms with van der Waals surface area (Å²) in [5.74, 6) is 0.327. The van der Waals surface area contributed by atoms with Gasteiger partial charge in [0, 0.05) is 29.2 Å². The first-order valence-corrected chi connectivity index (χ1v) is 8.24. The van der Waals surface area contributed by atoms with E-state index in [0.29, 0.717) is 13.1 Å². The van der Waals surface area contributed by atoms with Crippen molar-refractivity contribution in [1.29, 1.82) is 0 Å². The third-order valence-electron chi connectivity index (χ3n) is 4.53. The lowest BCUT2D eigenvalue weighted by Gasteiger charge is -2.41. The smallest absolute Gasteiger partial charge is 0.249 e. The highest BCUT2D eigenvalue weighted by Crippen LogP contribution is 2.30. The molecule has 1 aromatic carbocycles. The van der Waals surface area contributed by atoms with Gasteiger partial charge in [-0.25, -0.2) is 0 Å². The lowest BCUT2D eigenvalue weighted by Crippen LogP contribution is -2.59. The molecule has 0 bridgehead atoms. The third kappa shape index (κ3) is 2.71. The Labute approximate surface area is 133 Å². The van der Waals surface area contributed by atoms with Gasteiger partial charge in [-0.1, -0.05) is 22.4 Å². The largest absolute Gasteiger partial charge is 0.329 e. The maximum atomic E-state index is 12.6. The summed E-state index contributed by atoms with van der Waals surface area (Å²) in [5, 5.41) is 0. The van der Waals surface area contributed by atoms with Gasteiger partial charge in [0.05, 0.1) is 0 Å². The Balaban J connectivity index is 1.73. The van der Waals surface area contributed by atoms with Crippen LogP contribution in [0.15, 0.2) is 28.7 Å². The molecule has 0 radical (unpaired) electrons. The summed E-state index contributed by atoms with van der Waals surface area (Å²) in [6.45, 7) is 3.03. The van der Waals surface area contributed by atoms with Gasteiger partial charge >= 0.3 is 0 Å². The van der Waals surface area contributed by atoms with E-state index in [1.807, 2.05) is 31.2 Å². The topological polar surface area (TPSA) is 40.6 Å². The van der Waals surface area contributed by atoms with E-state index in [9.17, 15) is 9.59 Å². The minimum Gasteiger partial charge on any atom is -0.329 e. The van der Waals surface area contributed by atoms with E-state index in [0.717, 1.165) is 29.4 Å². The monoisotopic (exact) mass is 350 g/mol. The summed E-state index contributed by atoms with van der Waals surface area (Å²) in [7, 11) is 0. The van der Waals surface area contributed by atoms with Gasteiger partial charge in [-0.3, -0.25) is 9.59 Å². The SMILES string of the molecule is CC1C(=O)N(c2ccc(Br)cc2)CCN1C(=O)C1CCC1. The van der Waals surface area contributed by atoms with Gasteiger partial charge in [-0.05, 0) is 44.0 Å². The lowest BCUT2D eigenvalue weighted by molar-refractivity contribution is -0.146. The fourth-order valence-electron chi connectivity index (χ4n) is 2.94. The second kappa shape index (κ2) is 5.79. The van der Waals surface area contributed by atoms with Gasteiger partial charge < -0.3 is 9.80 Å². The van der Waals surface area contributed by atoms with Crippen LogP contribution >= 0.6 is 15.9 Å². The Morgan fingerprint density at radius 1 is 1.19 bits per heavy atom. The zero-order valence-electron chi connectivity index (χ0n) is 12.1. The van der Waals surface area contributed by atoms with E-state index in [2.05, 4.69) is 15.9 Å². The fraction of sp³-hybridized carbons (Fsp3) is 0.500. The normalized spacial score (nSPS) is 23.1. The van der Waals surface area contributed by atoms with Gasteiger partial charge in [0.2, 0.25) is 11.8 Å². The van der Waals surface area contributed by atoms with Crippen LogP contribution in [0.2, 0.25) is 0 Å². The van der Waals surface area contributed by atoms with E-state index in [4.69, 9.17) is 0 Å². The molecule has 1 atom stereocenters. The van der Waals surface area contributed by atoms with Crippen molar-refractivity contribution >= 4 is 33.4 Å². The average molecular weight is 351 g/mol. The first-order valence-electron chi connectivity index (χ1n) is 7.45. The molecule has 1 aromatic rings. The molecule has 2 aliphatic rings. The van der Waals surface area contributed by atoms with Crippen LogP contribution in [-0.4, -0.2) is 35.8 Å².